The highest BCUT2D eigenvalue weighted by molar-refractivity contribution is 7.91. The molecule has 8 aliphatic heterocycles. The molecule has 0 saturated heterocycles. The van der Waals surface area contributed by atoms with E-state index in [1.165, 1.54) is 48.6 Å². The van der Waals surface area contributed by atoms with Gasteiger partial charge in [0.1, 0.15) is 45.4 Å². The molecule has 1 fully saturated rings. The van der Waals surface area contributed by atoms with Crippen LogP contribution in [0.3, 0.4) is 0 Å². The van der Waals surface area contributed by atoms with Crippen molar-refractivity contribution in [2.45, 2.75) is 185 Å². The number of amides is 8. The second-order valence-electron chi connectivity index (χ2n) is 33.0. The molecule has 8 aromatic rings. The van der Waals surface area contributed by atoms with Crippen molar-refractivity contribution in [3.8, 4) is 23.0 Å². The van der Waals surface area contributed by atoms with Crippen molar-refractivity contribution in [3.05, 3.63) is 237 Å². The molecule has 1 aliphatic carbocycles. The lowest BCUT2D eigenvalue weighted by atomic mass is 9.72. The maximum atomic E-state index is 13.3. The van der Waals surface area contributed by atoms with E-state index >= 15 is 0 Å². The van der Waals surface area contributed by atoms with Gasteiger partial charge in [-0.15, -0.1) is 0 Å². The fraction of sp³-hybridized carbons (Fsp3) is 0.319. The molecule has 692 valence electrons. The van der Waals surface area contributed by atoms with Crippen molar-refractivity contribution in [2.75, 3.05) is 41.3 Å². The van der Waals surface area contributed by atoms with Crippen LogP contribution >= 0.6 is 0 Å². The first-order chi connectivity index (χ1) is 61.6. The van der Waals surface area contributed by atoms with E-state index in [2.05, 4.69) is 61.4 Å². The molecule has 8 amide bonds. The predicted molar refractivity (Wildman–Crippen MR) is 467 cm³/mol. The van der Waals surface area contributed by atoms with Crippen LogP contribution in [0.2, 0.25) is 0 Å². The summed E-state index contributed by atoms with van der Waals surface area (Å²) in [5.41, 5.74) is 4.67. The fourth-order valence-electron chi connectivity index (χ4n) is 16.5. The largest absolute Gasteiger partial charge is 0.487 e. The van der Waals surface area contributed by atoms with Crippen LogP contribution in [-0.4, -0.2) is 74.9 Å². The van der Waals surface area contributed by atoms with Crippen molar-refractivity contribution in [2.24, 2.45) is 0 Å². The maximum Gasteiger partial charge on any atom is 0.416 e. The highest BCUT2D eigenvalue weighted by Crippen LogP contribution is 2.53. The molecule has 8 heterocycles. The van der Waals surface area contributed by atoms with Gasteiger partial charge in [0.05, 0.1) is 33.6 Å². The number of rotatable bonds is 12. The second kappa shape index (κ2) is 36.3. The zero-order chi connectivity index (χ0) is 94.3. The van der Waals surface area contributed by atoms with Gasteiger partial charge < -0.3 is 61.5 Å². The SMILES string of the molecule is CC1(C)C/C(=C\C(=O)Nc2cccc3c2CNS(=O)(=O)N3)c2ccc(C(F)(F)F)cc2O1.CCC1(CC)C/C(=C\C(=O)Nc2cccc3c2CNC(=O)N3)c2ccc(C(F)(F)F)cc2O1.CCC1(CC)C/C(=C\C(=O)Nc2cccc3c2CNS(=O)(=O)N3)c2ccc(C(F)(F)F)cc2O1.O=C(/C=C1\CC2(CCC2)Oc2cc(C(F)(F)F)ccc21)Nc1cccc2c1CNC(=O)N2. The molecule has 1 spiro atoms. The van der Waals surface area contributed by atoms with Gasteiger partial charge >= 0.3 is 36.8 Å². The van der Waals surface area contributed by atoms with E-state index in [9.17, 15) is 98.3 Å². The Bertz CT molecular complexity index is 6300. The first-order valence-electron chi connectivity index (χ1n) is 41.5. The number of anilines is 8. The van der Waals surface area contributed by atoms with E-state index in [1.54, 1.807) is 86.6 Å². The first kappa shape index (κ1) is 94.0. The molecule has 9 aliphatic rings. The molecule has 12 N–H and O–H groups in total. The third kappa shape index (κ3) is 21.7. The molecule has 0 atom stereocenters. The topological polar surface area (TPSA) is 352 Å². The lowest BCUT2D eigenvalue weighted by Crippen LogP contribution is -2.45. The molecular weight excluding hydrogens is 1780 g/mol. The van der Waals surface area contributed by atoms with Gasteiger partial charge in [-0.25, -0.2) is 9.59 Å². The minimum atomic E-state index is -4.51. The normalized spacial score (nSPS) is 19.2. The molecule has 40 heteroatoms. The highest BCUT2D eigenvalue weighted by atomic mass is 32.2. The van der Waals surface area contributed by atoms with Gasteiger partial charge in [-0.05, 0) is 178 Å². The summed E-state index contributed by atoms with van der Waals surface area (Å²) in [7, 11) is -7.29. The molecule has 0 bridgehead atoms. The van der Waals surface area contributed by atoms with E-state index in [0.29, 0.717) is 153 Å². The third-order valence-electron chi connectivity index (χ3n) is 23.7. The minimum Gasteiger partial charge on any atom is -0.487 e. The third-order valence-corrected chi connectivity index (χ3v) is 25.7. The van der Waals surface area contributed by atoms with Crippen LogP contribution in [0.25, 0.3) is 22.3 Å². The van der Waals surface area contributed by atoms with E-state index in [1.807, 2.05) is 27.7 Å². The van der Waals surface area contributed by atoms with Gasteiger partial charge in [-0.2, -0.15) is 79.0 Å². The molecule has 0 aromatic heterocycles. The molecule has 17 rings (SSSR count). The van der Waals surface area contributed by atoms with Crippen LogP contribution in [0.1, 0.15) is 179 Å². The van der Waals surface area contributed by atoms with Gasteiger partial charge in [0, 0.05) is 155 Å². The zero-order valence-electron chi connectivity index (χ0n) is 70.8. The van der Waals surface area contributed by atoms with Crippen molar-refractivity contribution < 1.29 is 117 Å². The maximum absolute atomic E-state index is 13.3. The van der Waals surface area contributed by atoms with Crippen LogP contribution in [0.5, 0.6) is 23.0 Å². The Balaban J connectivity index is 0.000000141. The average Bonchev–Trinajstić information content (AvgIpc) is 0.753. The number of benzene rings is 8. The van der Waals surface area contributed by atoms with Gasteiger partial charge in [-0.3, -0.25) is 28.6 Å². The molecule has 8 aromatic carbocycles. The highest BCUT2D eigenvalue weighted by Gasteiger charge is 2.47. The molecular formula is C91H88F12N12O14S2. The Hall–Kier alpha value is -13.1. The molecule has 0 radical (unpaired) electrons. The van der Waals surface area contributed by atoms with Crippen LogP contribution in [-0.2, 0) is 90.5 Å². The number of alkyl halides is 12. The standard InChI is InChI=1S/C24H24F3N3O3.C23H24F3N3O4S.C23H20F3N3O3.C21H20F3N3O4S/c1-3-23(4-2)12-14(16-9-8-15(24(25,26)27)11-20(16)33-23)10-21(31)29-18-6-5-7-19-17(18)13-28-22(32)30-19;1-3-22(4-2)12-14(16-9-8-15(23(24,25)26)11-20(16)33-22)10-21(30)28-18-6-5-7-19-17(18)13-27-34(31,32)29-19;24-23(25,26)14-5-6-15-13(11-22(7-2-8-22)32-19(15)10-14)9-20(30)28-17-3-1-4-18-16(17)12-27-21(31)29-18;1-20(2)10-12(14-7-6-13(21(22,23)24)9-18(14)31-20)8-19(28)26-16-4-3-5-17-15(16)11-25-32(29,30)27-17/h5-11H,3-4,12-13H2,1-2H3,(H,29,31)(H2,28,30,32);5-11,27,29H,3-4,12-13H2,1-2H3,(H,28,30);1,3-6,9-10H,2,7-8,11-12H2,(H,28,30)(H2,27,29,31);3-9,25,27H,10-11H2,1-2H3,(H,26,28)/b2*14-10+;13-9+;12-8+. The summed E-state index contributed by atoms with van der Waals surface area (Å²) in [5, 5.41) is 21.9. The monoisotopic (exact) mass is 1860 g/mol. The van der Waals surface area contributed by atoms with E-state index in [4.69, 9.17) is 18.9 Å². The summed E-state index contributed by atoms with van der Waals surface area (Å²) in [4.78, 5) is 74.6. The quantitative estimate of drug-likeness (QED) is 0.0400. The second-order valence-corrected chi connectivity index (χ2v) is 36.0. The molecule has 0 unspecified atom stereocenters. The number of carbonyl (C=O) groups is 6. The number of hydrogen-bond donors (Lipinski definition) is 12. The average molecular weight is 1870 g/mol. The Labute approximate surface area is 744 Å². The minimum absolute atomic E-state index is 0.00160. The Morgan fingerprint density at radius 1 is 0.382 bits per heavy atom. The Kier molecular flexibility index (Phi) is 26.1. The number of fused-ring (bicyclic) bond motifs is 8. The molecule has 131 heavy (non-hydrogen) atoms. The van der Waals surface area contributed by atoms with Gasteiger partial charge in [-0.1, -0.05) is 76.2 Å². The fourth-order valence-corrected chi connectivity index (χ4v) is 18.3. The Morgan fingerprint density at radius 3 is 0.977 bits per heavy atom. The number of hydrogen-bond acceptors (Lipinski definition) is 14. The summed E-state index contributed by atoms with van der Waals surface area (Å²) in [5.74, 6) is -1.34. The number of nitrogens with one attached hydrogen (secondary N) is 12. The van der Waals surface area contributed by atoms with Gasteiger partial charge in [0.25, 0.3) is 20.4 Å². The lowest BCUT2D eigenvalue weighted by molar-refractivity contribution is -0.138. The van der Waals surface area contributed by atoms with Gasteiger partial charge in [0.15, 0.2) is 0 Å². The summed E-state index contributed by atoms with van der Waals surface area (Å²) >= 11 is 0. The van der Waals surface area contributed by atoms with Crippen LogP contribution in [0.4, 0.5) is 108 Å². The van der Waals surface area contributed by atoms with Gasteiger partial charge in [0.2, 0.25) is 23.6 Å². The van der Waals surface area contributed by atoms with E-state index in [0.717, 1.165) is 78.9 Å². The van der Waals surface area contributed by atoms with Crippen molar-refractivity contribution in [3.63, 3.8) is 0 Å². The first-order valence-corrected chi connectivity index (χ1v) is 44.4. The smallest absolute Gasteiger partial charge is 0.416 e. The molecule has 1 saturated carbocycles. The predicted octanol–water partition coefficient (Wildman–Crippen LogP) is 19.6. The lowest BCUT2D eigenvalue weighted by Gasteiger charge is -2.46. The summed E-state index contributed by atoms with van der Waals surface area (Å²) in [6, 6.07) is 32.6. The van der Waals surface area contributed by atoms with Crippen molar-refractivity contribution in [1.29, 1.82) is 0 Å². The number of urea groups is 2. The number of halogens is 12. The van der Waals surface area contributed by atoms with Crippen LogP contribution < -0.4 is 80.4 Å². The van der Waals surface area contributed by atoms with E-state index in [-0.39, 0.29) is 61.2 Å². The van der Waals surface area contributed by atoms with Crippen molar-refractivity contribution in [1.82, 2.24) is 20.1 Å². The Morgan fingerprint density at radius 2 is 0.672 bits per heavy atom. The zero-order valence-corrected chi connectivity index (χ0v) is 72.5. The summed E-state index contributed by atoms with van der Waals surface area (Å²) in [6.45, 7) is 11.6. The summed E-state index contributed by atoms with van der Waals surface area (Å²) in [6.07, 6.45) is -6.24. The molecule has 26 nitrogen and oxygen atoms in total. The number of ether oxygens (including phenoxy) is 4. The van der Waals surface area contributed by atoms with Crippen LogP contribution in [0.15, 0.2) is 170 Å². The van der Waals surface area contributed by atoms with Crippen molar-refractivity contribution >= 4 is 124 Å². The number of carbonyl (C=O) groups excluding carboxylic acids is 6. The van der Waals surface area contributed by atoms with Crippen LogP contribution in [0, 0.1) is 0 Å². The van der Waals surface area contributed by atoms with E-state index < -0.39 is 113 Å². The summed E-state index contributed by atoms with van der Waals surface area (Å²) < 4.78 is 238.